The van der Waals surface area contributed by atoms with E-state index in [1.165, 1.54) is 0 Å². The van der Waals surface area contributed by atoms with E-state index in [9.17, 15) is 0 Å². The Morgan fingerprint density at radius 1 is 1.60 bits per heavy atom. The lowest BCUT2D eigenvalue weighted by Gasteiger charge is -1.95. The number of hydrogen-bond acceptors (Lipinski definition) is 3. The van der Waals surface area contributed by atoms with Gasteiger partial charge >= 0.3 is 0 Å². The highest BCUT2D eigenvalue weighted by Gasteiger charge is 2.03. The van der Waals surface area contributed by atoms with Gasteiger partial charge in [0.25, 0.3) is 0 Å². The number of aromatic nitrogens is 3. The smallest absolute Gasteiger partial charge is 0.111 e. The summed E-state index contributed by atoms with van der Waals surface area (Å²) in [5.41, 5.74) is 1.62. The average Bonchev–Trinajstić information content (AvgIpc) is 2.30. The summed E-state index contributed by atoms with van der Waals surface area (Å²) in [7, 11) is 0. The van der Waals surface area contributed by atoms with Gasteiger partial charge in [-0.3, -0.25) is 0 Å². The summed E-state index contributed by atoms with van der Waals surface area (Å²) in [6, 6.07) is 0. The number of aliphatic hydroxyl groups excluding tert-OH is 1. The van der Waals surface area contributed by atoms with Crippen LogP contribution in [0, 0.1) is 6.92 Å². The third-order valence-corrected chi connectivity index (χ3v) is 1.53. The summed E-state index contributed by atoms with van der Waals surface area (Å²) in [6.45, 7) is 4.67. The Balaban J connectivity index is 2.97. The van der Waals surface area contributed by atoms with E-state index in [1.54, 1.807) is 4.68 Å². The molecule has 0 aliphatic rings. The Kier molecular flexibility index (Phi) is 2.01. The van der Waals surface area contributed by atoms with Crippen LogP contribution in [0.25, 0.3) is 0 Å². The van der Waals surface area contributed by atoms with Crippen LogP contribution in [0.15, 0.2) is 0 Å². The van der Waals surface area contributed by atoms with Gasteiger partial charge in [-0.15, -0.1) is 5.10 Å². The average molecular weight is 141 g/mol. The Bertz CT molecular complexity index is 197. The molecule has 56 valence electrons. The molecule has 1 aromatic rings. The first-order valence-electron chi connectivity index (χ1n) is 3.29. The topological polar surface area (TPSA) is 50.9 Å². The standard InChI is InChI=1S/C6H11N3O/c1-3-9-5(2)6(4-10)7-8-9/h10H,3-4H2,1-2H3. The maximum atomic E-state index is 8.71. The van der Waals surface area contributed by atoms with Crippen LogP contribution in [0.4, 0.5) is 0 Å². The van der Waals surface area contributed by atoms with Crippen molar-refractivity contribution in [1.82, 2.24) is 15.0 Å². The molecule has 0 amide bonds. The van der Waals surface area contributed by atoms with E-state index in [2.05, 4.69) is 10.3 Å². The molecule has 0 aliphatic heterocycles. The van der Waals surface area contributed by atoms with E-state index < -0.39 is 0 Å². The van der Waals surface area contributed by atoms with Crippen LogP contribution in [0.3, 0.4) is 0 Å². The summed E-state index contributed by atoms with van der Waals surface area (Å²) in [5.74, 6) is 0. The van der Waals surface area contributed by atoms with Crippen LogP contribution >= 0.6 is 0 Å². The molecule has 0 radical (unpaired) electrons. The normalized spacial score (nSPS) is 10.3. The number of aliphatic hydroxyl groups is 1. The van der Waals surface area contributed by atoms with Crippen molar-refractivity contribution in [3.8, 4) is 0 Å². The summed E-state index contributed by atoms with van der Waals surface area (Å²) in [5, 5.41) is 16.3. The molecule has 0 unspecified atom stereocenters. The Labute approximate surface area is 59.5 Å². The predicted molar refractivity (Wildman–Crippen MR) is 36.4 cm³/mol. The van der Waals surface area contributed by atoms with Gasteiger partial charge in [-0.05, 0) is 13.8 Å². The van der Waals surface area contributed by atoms with Crippen LogP contribution < -0.4 is 0 Å². The predicted octanol–water partition coefficient (Wildman–Crippen LogP) is 0.0987. The molecule has 4 nitrogen and oxygen atoms in total. The molecule has 0 saturated carbocycles. The minimum Gasteiger partial charge on any atom is -0.390 e. The van der Waals surface area contributed by atoms with Crippen molar-refractivity contribution in [3.05, 3.63) is 11.4 Å². The van der Waals surface area contributed by atoms with Crippen molar-refractivity contribution in [2.24, 2.45) is 0 Å². The van der Waals surface area contributed by atoms with E-state index in [0.717, 1.165) is 12.2 Å². The van der Waals surface area contributed by atoms with Crippen LogP contribution in [-0.4, -0.2) is 20.1 Å². The molecule has 4 heteroatoms. The molecule has 0 saturated heterocycles. The van der Waals surface area contributed by atoms with Crippen LogP contribution in [-0.2, 0) is 13.2 Å². The van der Waals surface area contributed by atoms with Crippen molar-refractivity contribution in [1.29, 1.82) is 0 Å². The first-order valence-corrected chi connectivity index (χ1v) is 3.29. The molecule has 0 fully saturated rings. The molecule has 1 N–H and O–H groups in total. The van der Waals surface area contributed by atoms with E-state index in [1.807, 2.05) is 13.8 Å². The van der Waals surface area contributed by atoms with Gasteiger partial charge in [0.1, 0.15) is 5.69 Å². The molecule has 0 bridgehead atoms. The van der Waals surface area contributed by atoms with Gasteiger partial charge in [0.15, 0.2) is 0 Å². The highest BCUT2D eigenvalue weighted by atomic mass is 16.3. The van der Waals surface area contributed by atoms with Crippen molar-refractivity contribution in [3.63, 3.8) is 0 Å². The zero-order valence-electron chi connectivity index (χ0n) is 6.20. The number of aryl methyl sites for hydroxylation is 1. The molecule has 0 aliphatic carbocycles. The quantitative estimate of drug-likeness (QED) is 0.635. The Morgan fingerprint density at radius 3 is 2.60 bits per heavy atom. The van der Waals surface area contributed by atoms with Gasteiger partial charge in [-0.25, -0.2) is 4.68 Å². The molecule has 1 heterocycles. The van der Waals surface area contributed by atoms with E-state index in [-0.39, 0.29) is 6.61 Å². The largest absolute Gasteiger partial charge is 0.390 e. The first-order chi connectivity index (χ1) is 4.79. The summed E-state index contributed by atoms with van der Waals surface area (Å²) in [4.78, 5) is 0. The van der Waals surface area contributed by atoms with Gasteiger partial charge in [0.2, 0.25) is 0 Å². The number of hydrogen-bond donors (Lipinski definition) is 1. The zero-order chi connectivity index (χ0) is 7.56. The van der Waals surface area contributed by atoms with Gasteiger partial charge in [0.05, 0.1) is 12.3 Å². The second kappa shape index (κ2) is 2.79. The second-order valence-corrected chi connectivity index (χ2v) is 2.10. The van der Waals surface area contributed by atoms with Crippen LogP contribution in [0.5, 0.6) is 0 Å². The fraction of sp³-hybridized carbons (Fsp3) is 0.667. The molecule has 1 aromatic heterocycles. The molecule has 0 atom stereocenters. The number of nitrogens with zero attached hydrogens (tertiary/aromatic N) is 3. The van der Waals surface area contributed by atoms with Crippen LogP contribution in [0.1, 0.15) is 18.3 Å². The summed E-state index contributed by atoms with van der Waals surface area (Å²) >= 11 is 0. The van der Waals surface area contributed by atoms with Crippen molar-refractivity contribution >= 4 is 0 Å². The number of rotatable bonds is 2. The molecular formula is C6H11N3O. The maximum Gasteiger partial charge on any atom is 0.111 e. The fourth-order valence-electron chi connectivity index (χ4n) is 0.843. The SMILES string of the molecule is CCn1nnc(CO)c1C. The molecule has 0 spiro atoms. The van der Waals surface area contributed by atoms with Crippen LogP contribution in [0.2, 0.25) is 0 Å². The minimum absolute atomic E-state index is 0.0220. The van der Waals surface area contributed by atoms with Crippen molar-refractivity contribution < 1.29 is 5.11 Å². The third-order valence-electron chi connectivity index (χ3n) is 1.53. The van der Waals surface area contributed by atoms with Gasteiger partial charge in [0, 0.05) is 6.54 Å². The van der Waals surface area contributed by atoms with E-state index in [4.69, 9.17) is 5.11 Å². The second-order valence-electron chi connectivity index (χ2n) is 2.10. The third kappa shape index (κ3) is 1.02. The molecule has 10 heavy (non-hydrogen) atoms. The first kappa shape index (κ1) is 7.21. The van der Waals surface area contributed by atoms with Crippen molar-refractivity contribution in [2.45, 2.75) is 27.0 Å². The highest BCUT2D eigenvalue weighted by molar-refractivity contribution is 5.05. The van der Waals surface area contributed by atoms with Gasteiger partial charge < -0.3 is 5.11 Å². The lowest BCUT2D eigenvalue weighted by atomic mass is 10.3. The van der Waals surface area contributed by atoms with Gasteiger partial charge in [-0.1, -0.05) is 5.21 Å². The monoisotopic (exact) mass is 141 g/mol. The Morgan fingerprint density at radius 2 is 2.30 bits per heavy atom. The van der Waals surface area contributed by atoms with E-state index in [0.29, 0.717) is 5.69 Å². The lowest BCUT2D eigenvalue weighted by Crippen LogP contribution is -1.99. The fourth-order valence-corrected chi connectivity index (χ4v) is 0.843. The minimum atomic E-state index is -0.0220. The summed E-state index contributed by atoms with van der Waals surface area (Å²) < 4.78 is 1.76. The molecule has 1 rings (SSSR count). The summed E-state index contributed by atoms with van der Waals surface area (Å²) in [6.07, 6.45) is 0. The maximum absolute atomic E-state index is 8.71. The Hall–Kier alpha value is -0.900. The van der Waals surface area contributed by atoms with E-state index >= 15 is 0 Å². The highest BCUT2D eigenvalue weighted by Crippen LogP contribution is 2.01. The molecular weight excluding hydrogens is 130 g/mol. The van der Waals surface area contributed by atoms with Crippen molar-refractivity contribution in [2.75, 3.05) is 0 Å². The molecule has 0 aromatic carbocycles. The zero-order valence-corrected chi connectivity index (χ0v) is 6.20. The van der Waals surface area contributed by atoms with Gasteiger partial charge in [-0.2, -0.15) is 0 Å². The lowest BCUT2D eigenvalue weighted by molar-refractivity contribution is 0.276.